The van der Waals surface area contributed by atoms with Gasteiger partial charge in [-0.25, -0.2) is 0 Å². The molecule has 1 aliphatic heterocycles. The third kappa shape index (κ3) is 6.05. The number of nitrogens with zero attached hydrogens (tertiary/aromatic N) is 2. The maximum atomic E-state index is 13.0. The highest BCUT2D eigenvalue weighted by Gasteiger charge is 2.38. The third-order valence-corrected chi connectivity index (χ3v) is 8.10. The normalized spacial score (nSPS) is 20.9. The Morgan fingerprint density at radius 3 is 2.81 bits per heavy atom. The number of halogens is 1. The van der Waals surface area contributed by atoms with Gasteiger partial charge in [0.25, 0.3) is 11.8 Å². The van der Waals surface area contributed by atoms with Gasteiger partial charge in [0.05, 0.1) is 24.2 Å². The van der Waals surface area contributed by atoms with Crippen molar-refractivity contribution in [3.63, 3.8) is 0 Å². The number of amides is 2. The molecule has 3 N–H and O–H groups in total. The second-order valence-corrected chi connectivity index (χ2v) is 10.7. The van der Waals surface area contributed by atoms with E-state index in [-0.39, 0.29) is 18.5 Å². The standard InChI is InChI=1S/C27H28ClN3O4S/c28-22-8-2-1-6-18(22)14-20-10-11-21(36-20)16-30-26(34)24(32)25(33)27(35)31-12-4-9-23(31)19-7-3-5-17(13-19)15-29/h1-3,5,7-8,10-11,13,18,23-25,32-33H,4,6,9,12,14,16H2,(H,30,34)/t18?,23?,24-,25?/m1/s1. The third-order valence-electron chi connectivity index (χ3n) is 6.56. The second-order valence-electron chi connectivity index (χ2n) is 9.02. The molecule has 4 atom stereocenters. The minimum absolute atomic E-state index is 0.183. The lowest BCUT2D eigenvalue weighted by molar-refractivity contribution is -0.153. The average Bonchev–Trinajstić information content (AvgIpc) is 3.57. The smallest absolute Gasteiger partial charge is 0.255 e. The lowest BCUT2D eigenvalue weighted by Crippen LogP contribution is -2.50. The number of hydrogen-bond donors (Lipinski definition) is 3. The van der Waals surface area contributed by atoms with Crippen LogP contribution in [0, 0.1) is 17.2 Å². The Hall–Kier alpha value is -2.96. The number of nitriles is 1. The molecule has 36 heavy (non-hydrogen) atoms. The van der Waals surface area contributed by atoms with Crippen molar-refractivity contribution in [3.8, 4) is 6.07 Å². The van der Waals surface area contributed by atoms with Crippen molar-refractivity contribution in [1.29, 1.82) is 5.26 Å². The van der Waals surface area contributed by atoms with E-state index < -0.39 is 24.0 Å². The molecule has 1 aromatic carbocycles. The molecule has 2 heterocycles. The minimum atomic E-state index is -1.89. The van der Waals surface area contributed by atoms with Crippen molar-refractivity contribution >= 4 is 34.8 Å². The van der Waals surface area contributed by atoms with E-state index in [9.17, 15) is 19.8 Å². The van der Waals surface area contributed by atoms with Crippen LogP contribution in [-0.2, 0) is 22.6 Å². The van der Waals surface area contributed by atoms with Gasteiger partial charge in [0, 0.05) is 27.2 Å². The van der Waals surface area contributed by atoms with E-state index in [1.807, 2.05) is 30.4 Å². The van der Waals surface area contributed by atoms with Gasteiger partial charge in [0.2, 0.25) is 0 Å². The maximum Gasteiger partial charge on any atom is 0.255 e. The molecular formula is C27H28ClN3O4S. The Morgan fingerprint density at radius 1 is 1.22 bits per heavy atom. The number of nitrogens with one attached hydrogen (secondary N) is 1. The summed E-state index contributed by atoms with van der Waals surface area (Å²) in [7, 11) is 0. The van der Waals surface area contributed by atoms with Gasteiger partial charge < -0.3 is 20.4 Å². The van der Waals surface area contributed by atoms with Gasteiger partial charge in [-0.1, -0.05) is 35.9 Å². The van der Waals surface area contributed by atoms with Crippen LogP contribution in [0.15, 0.2) is 59.7 Å². The second kappa shape index (κ2) is 11.8. The van der Waals surface area contributed by atoms with Crippen LogP contribution in [0.4, 0.5) is 0 Å². The highest BCUT2D eigenvalue weighted by molar-refractivity contribution is 7.12. The summed E-state index contributed by atoms with van der Waals surface area (Å²) in [5.41, 5.74) is 1.28. The van der Waals surface area contributed by atoms with Crippen molar-refractivity contribution in [3.05, 3.63) is 80.5 Å². The quantitative estimate of drug-likeness (QED) is 0.487. The maximum absolute atomic E-state index is 13.0. The molecule has 0 radical (unpaired) electrons. The van der Waals surface area contributed by atoms with Crippen molar-refractivity contribution < 1.29 is 19.8 Å². The molecule has 7 nitrogen and oxygen atoms in total. The molecule has 1 saturated heterocycles. The molecule has 2 aliphatic rings. The van der Waals surface area contributed by atoms with Gasteiger partial charge in [-0.2, -0.15) is 5.26 Å². The zero-order chi connectivity index (χ0) is 25.7. The first kappa shape index (κ1) is 26.1. The summed E-state index contributed by atoms with van der Waals surface area (Å²) >= 11 is 7.85. The molecule has 4 rings (SSSR count). The Kier molecular flexibility index (Phi) is 8.60. The summed E-state index contributed by atoms with van der Waals surface area (Å²) in [6.07, 6.45) is 5.28. The fourth-order valence-electron chi connectivity index (χ4n) is 4.62. The largest absolute Gasteiger partial charge is 0.380 e. The number of benzene rings is 1. The molecule has 3 unspecified atom stereocenters. The monoisotopic (exact) mass is 525 g/mol. The molecule has 9 heteroatoms. The van der Waals surface area contributed by atoms with Gasteiger partial charge >= 0.3 is 0 Å². The van der Waals surface area contributed by atoms with Crippen LogP contribution in [-0.4, -0.2) is 45.7 Å². The van der Waals surface area contributed by atoms with Crippen LogP contribution < -0.4 is 5.32 Å². The van der Waals surface area contributed by atoms with E-state index in [1.54, 1.807) is 29.5 Å². The molecule has 0 saturated carbocycles. The Labute approximate surface area is 219 Å². The fourth-order valence-corrected chi connectivity index (χ4v) is 5.90. The Morgan fingerprint density at radius 2 is 2.03 bits per heavy atom. The number of allylic oxidation sites excluding steroid dienone is 4. The fraction of sp³-hybridized carbons (Fsp3) is 0.370. The average molecular weight is 526 g/mol. The molecule has 0 bridgehead atoms. The SMILES string of the molecule is N#Cc1cccc(C2CCCN2C(=O)C(O)[C@@H](O)C(=O)NCc2ccc(CC3CC=CC=C3Cl)s2)c1. The van der Waals surface area contributed by atoms with Crippen molar-refractivity contribution in [2.45, 2.75) is 50.5 Å². The molecule has 0 spiro atoms. The lowest BCUT2D eigenvalue weighted by atomic mass is 9.96. The highest BCUT2D eigenvalue weighted by Crippen LogP contribution is 2.33. The molecular weight excluding hydrogens is 498 g/mol. The van der Waals surface area contributed by atoms with E-state index in [2.05, 4.69) is 17.5 Å². The first-order valence-corrected chi connectivity index (χ1v) is 13.1. The van der Waals surface area contributed by atoms with Crippen LogP contribution in [0.2, 0.25) is 0 Å². The van der Waals surface area contributed by atoms with Crippen LogP contribution in [0.1, 0.15) is 46.2 Å². The Balaban J connectivity index is 1.31. The molecule has 188 valence electrons. The van der Waals surface area contributed by atoms with Crippen LogP contribution >= 0.6 is 22.9 Å². The highest BCUT2D eigenvalue weighted by atomic mass is 35.5. The van der Waals surface area contributed by atoms with E-state index in [1.165, 1.54) is 4.90 Å². The molecule has 1 aromatic heterocycles. The number of hydrogen-bond acceptors (Lipinski definition) is 6. The summed E-state index contributed by atoms with van der Waals surface area (Å²) in [5.74, 6) is -1.26. The van der Waals surface area contributed by atoms with Crippen molar-refractivity contribution in [1.82, 2.24) is 10.2 Å². The van der Waals surface area contributed by atoms with Gasteiger partial charge in [-0.15, -0.1) is 11.3 Å². The minimum Gasteiger partial charge on any atom is -0.380 e. The number of carbonyl (C=O) groups excluding carboxylic acids is 2. The van der Waals surface area contributed by atoms with Gasteiger partial charge in [-0.05, 0) is 61.6 Å². The summed E-state index contributed by atoms with van der Waals surface area (Å²) in [6.45, 7) is 0.586. The first-order valence-electron chi connectivity index (χ1n) is 11.9. The number of aliphatic hydroxyl groups excluding tert-OH is 2. The molecule has 1 fully saturated rings. The van der Waals surface area contributed by atoms with Gasteiger partial charge in [0.15, 0.2) is 12.2 Å². The number of carbonyl (C=O) groups is 2. The zero-order valence-electron chi connectivity index (χ0n) is 19.6. The van der Waals surface area contributed by atoms with Crippen LogP contribution in [0.3, 0.4) is 0 Å². The van der Waals surface area contributed by atoms with Crippen LogP contribution in [0.25, 0.3) is 0 Å². The van der Waals surface area contributed by atoms with E-state index >= 15 is 0 Å². The summed E-state index contributed by atoms with van der Waals surface area (Å²) in [6, 6.07) is 12.7. The Bertz CT molecular complexity index is 1220. The van der Waals surface area contributed by atoms with E-state index in [0.29, 0.717) is 18.5 Å². The van der Waals surface area contributed by atoms with E-state index in [0.717, 1.165) is 39.6 Å². The number of thiophene rings is 1. The van der Waals surface area contributed by atoms with E-state index in [4.69, 9.17) is 16.9 Å². The number of rotatable bonds is 8. The molecule has 2 amide bonds. The summed E-state index contributed by atoms with van der Waals surface area (Å²) in [5, 5.41) is 33.5. The van der Waals surface area contributed by atoms with Crippen molar-refractivity contribution in [2.24, 2.45) is 5.92 Å². The predicted molar refractivity (Wildman–Crippen MR) is 138 cm³/mol. The number of aliphatic hydroxyl groups is 2. The topological polar surface area (TPSA) is 114 Å². The summed E-state index contributed by atoms with van der Waals surface area (Å²) in [4.78, 5) is 29.0. The summed E-state index contributed by atoms with van der Waals surface area (Å²) < 4.78 is 0. The van der Waals surface area contributed by atoms with Crippen LogP contribution in [0.5, 0.6) is 0 Å². The van der Waals surface area contributed by atoms with Gasteiger partial charge in [-0.3, -0.25) is 9.59 Å². The predicted octanol–water partition coefficient (Wildman–Crippen LogP) is 3.56. The van der Waals surface area contributed by atoms with Crippen molar-refractivity contribution in [2.75, 3.05) is 6.54 Å². The molecule has 2 aromatic rings. The first-order chi connectivity index (χ1) is 17.4. The zero-order valence-corrected chi connectivity index (χ0v) is 21.2. The molecule has 1 aliphatic carbocycles. The van der Waals surface area contributed by atoms with Gasteiger partial charge in [0.1, 0.15) is 0 Å². The lowest BCUT2D eigenvalue weighted by Gasteiger charge is -2.28. The number of likely N-dealkylation sites (tertiary alicyclic amines) is 1.